The van der Waals surface area contributed by atoms with Crippen LogP contribution in [0, 0.1) is 4.64 Å². The molecule has 0 aliphatic carbocycles. The molecule has 5 aromatic rings. The number of rotatable bonds is 8. The van der Waals surface area contributed by atoms with E-state index in [4.69, 9.17) is 66.0 Å². The number of benzene rings is 3. The Morgan fingerprint density at radius 2 is 1.26 bits per heavy atom. The number of carbonyl (C=O) groups is 3. The van der Waals surface area contributed by atoms with Gasteiger partial charge in [0.25, 0.3) is 0 Å². The number of halogens is 3. The standard InChI is InChI=1S/C31H21Cl3N4O7S/c32-19-7-1-16(2-8-19)29(39)42-13-22-24(44-30(40)17-3-9-20(33)10-4-17)25(45-31(41)18-5-11-21(34)12-6-18)28(43-22)38-15-37-23-26(38)35-14-36-27(23)46/h1-12,14-15,22,24-25,28H,13H2,(H,35,36,46)/t22-,24-,25+,28-/m1/s1. The molecule has 1 N–H and O–H groups in total. The van der Waals surface area contributed by atoms with Gasteiger partial charge in [0.05, 0.1) is 29.3 Å². The van der Waals surface area contributed by atoms with Crippen molar-refractivity contribution in [2.24, 2.45) is 0 Å². The van der Waals surface area contributed by atoms with E-state index in [0.29, 0.717) is 26.2 Å². The molecular formula is C31H21Cl3N4O7S. The summed E-state index contributed by atoms with van der Waals surface area (Å²) in [5.74, 6) is -2.18. The van der Waals surface area contributed by atoms with Crippen LogP contribution in [0.25, 0.3) is 11.2 Å². The monoisotopic (exact) mass is 698 g/mol. The maximum absolute atomic E-state index is 13.4. The zero-order valence-corrected chi connectivity index (χ0v) is 26.4. The highest BCUT2D eigenvalue weighted by Gasteiger charge is 2.51. The second kappa shape index (κ2) is 13.6. The maximum atomic E-state index is 13.4. The number of ether oxygens (including phenoxy) is 4. The van der Waals surface area contributed by atoms with Crippen LogP contribution in [0.1, 0.15) is 37.3 Å². The number of aromatic nitrogens is 4. The van der Waals surface area contributed by atoms with E-state index in [0.717, 1.165) is 0 Å². The van der Waals surface area contributed by atoms with Gasteiger partial charge in [-0.2, -0.15) is 0 Å². The first-order chi connectivity index (χ1) is 22.2. The van der Waals surface area contributed by atoms with Gasteiger partial charge >= 0.3 is 17.9 Å². The van der Waals surface area contributed by atoms with E-state index in [1.807, 2.05) is 0 Å². The maximum Gasteiger partial charge on any atom is 0.338 e. The highest BCUT2D eigenvalue weighted by Crippen LogP contribution is 2.37. The predicted octanol–water partition coefficient (Wildman–Crippen LogP) is 6.65. The molecule has 0 spiro atoms. The summed E-state index contributed by atoms with van der Waals surface area (Å²) in [6.45, 7) is -0.379. The van der Waals surface area contributed by atoms with E-state index in [1.54, 1.807) is 12.1 Å². The van der Waals surface area contributed by atoms with E-state index in [2.05, 4.69) is 15.0 Å². The van der Waals surface area contributed by atoms with Crippen molar-refractivity contribution in [1.82, 2.24) is 19.5 Å². The zero-order chi connectivity index (χ0) is 32.4. The number of hydrogen-bond donors (Lipinski definition) is 1. The first-order valence-electron chi connectivity index (χ1n) is 13.6. The third-order valence-electron chi connectivity index (χ3n) is 7.04. The molecule has 234 valence electrons. The van der Waals surface area contributed by atoms with Gasteiger partial charge in [0.15, 0.2) is 23.1 Å². The molecule has 0 unspecified atom stereocenters. The van der Waals surface area contributed by atoms with Gasteiger partial charge in [0, 0.05) is 15.1 Å². The molecule has 2 aromatic heterocycles. The van der Waals surface area contributed by atoms with Gasteiger partial charge in [0.2, 0.25) is 0 Å². The first kappa shape index (κ1) is 31.6. The molecule has 1 saturated heterocycles. The molecule has 0 saturated carbocycles. The lowest BCUT2D eigenvalue weighted by atomic mass is 10.1. The average molecular weight is 700 g/mol. The normalized spacial score (nSPS) is 19.1. The fourth-order valence-electron chi connectivity index (χ4n) is 4.78. The Hall–Kier alpha value is -4.33. The number of fused-ring (bicyclic) bond motifs is 1. The van der Waals surface area contributed by atoms with Crippen molar-refractivity contribution in [3.05, 3.63) is 122 Å². The van der Waals surface area contributed by atoms with Gasteiger partial charge in [-0.15, -0.1) is 0 Å². The smallest absolute Gasteiger partial charge is 0.338 e. The minimum Gasteiger partial charge on any atom is -0.459 e. The van der Waals surface area contributed by atoms with Gasteiger partial charge in [-0.1, -0.05) is 47.0 Å². The van der Waals surface area contributed by atoms with Crippen molar-refractivity contribution in [2.45, 2.75) is 24.5 Å². The Morgan fingerprint density at radius 1 is 0.761 bits per heavy atom. The molecule has 0 amide bonds. The fraction of sp³-hybridized carbons (Fsp3) is 0.161. The van der Waals surface area contributed by atoms with Crippen molar-refractivity contribution >= 4 is 76.1 Å². The van der Waals surface area contributed by atoms with Crippen molar-refractivity contribution in [3.8, 4) is 0 Å². The van der Waals surface area contributed by atoms with Crippen molar-refractivity contribution in [3.63, 3.8) is 0 Å². The molecule has 4 atom stereocenters. The average Bonchev–Trinajstić information content (AvgIpc) is 3.62. The Bertz CT molecular complexity index is 1970. The number of nitrogens with one attached hydrogen (secondary N) is 1. The molecule has 0 bridgehead atoms. The molecule has 11 nitrogen and oxygen atoms in total. The molecule has 1 aliphatic heterocycles. The highest BCUT2D eigenvalue weighted by atomic mass is 35.5. The van der Waals surface area contributed by atoms with Gasteiger partial charge in [-0.05, 0) is 72.8 Å². The summed E-state index contributed by atoms with van der Waals surface area (Å²) in [5, 5.41) is 1.28. The number of aromatic amines is 1. The van der Waals surface area contributed by atoms with Crippen LogP contribution in [0.4, 0.5) is 0 Å². The molecule has 0 radical (unpaired) electrons. The Labute approximate surface area is 280 Å². The van der Waals surface area contributed by atoms with Crippen LogP contribution in [0.3, 0.4) is 0 Å². The molecule has 15 heteroatoms. The Kier molecular flexibility index (Phi) is 9.34. The topological polar surface area (TPSA) is 135 Å². The van der Waals surface area contributed by atoms with E-state index < -0.39 is 42.4 Å². The van der Waals surface area contributed by atoms with Crippen LogP contribution >= 0.6 is 47.0 Å². The van der Waals surface area contributed by atoms with Gasteiger partial charge in [-0.3, -0.25) is 4.57 Å². The van der Waals surface area contributed by atoms with Crippen LogP contribution < -0.4 is 0 Å². The van der Waals surface area contributed by atoms with Crippen LogP contribution in [0.5, 0.6) is 0 Å². The summed E-state index contributed by atoms with van der Waals surface area (Å²) in [5.41, 5.74) is 1.36. The zero-order valence-electron chi connectivity index (χ0n) is 23.3. The molecule has 1 aliphatic rings. The largest absolute Gasteiger partial charge is 0.459 e. The number of carbonyl (C=O) groups excluding carboxylic acids is 3. The van der Waals surface area contributed by atoms with Crippen molar-refractivity contribution in [2.75, 3.05) is 6.61 Å². The molecular weight excluding hydrogens is 679 g/mol. The summed E-state index contributed by atoms with van der Waals surface area (Å²) >= 11 is 23.3. The predicted molar refractivity (Wildman–Crippen MR) is 170 cm³/mol. The SMILES string of the molecule is O=C(OC[C@H]1O[C@@H](n2cnc3c(=S)nc[nH]c32)[C@@H](OC(=O)c2ccc(Cl)cc2)[C@@H]1OC(=O)c1ccc(Cl)cc1)c1ccc(Cl)cc1. The molecule has 6 rings (SSSR count). The second-order valence-electron chi connectivity index (χ2n) is 9.98. The van der Waals surface area contributed by atoms with Gasteiger partial charge in [-0.25, -0.2) is 24.4 Å². The number of hydrogen-bond acceptors (Lipinski definition) is 10. The summed E-state index contributed by atoms with van der Waals surface area (Å²) in [6.07, 6.45) is -1.97. The van der Waals surface area contributed by atoms with E-state index in [9.17, 15) is 14.4 Å². The summed E-state index contributed by atoms with van der Waals surface area (Å²) < 4.78 is 25.6. The van der Waals surface area contributed by atoms with E-state index in [1.165, 1.54) is 77.9 Å². The van der Waals surface area contributed by atoms with E-state index >= 15 is 0 Å². The second-order valence-corrected chi connectivity index (χ2v) is 11.7. The Balaban J connectivity index is 1.37. The highest BCUT2D eigenvalue weighted by molar-refractivity contribution is 7.71. The molecule has 3 aromatic carbocycles. The number of H-pyrrole nitrogens is 1. The minimum absolute atomic E-state index is 0.177. The molecule has 46 heavy (non-hydrogen) atoms. The fourth-order valence-corrected chi connectivity index (χ4v) is 5.36. The number of esters is 3. The third-order valence-corrected chi connectivity index (χ3v) is 8.10. The lowest BCUT2D eigenvalue weighted by Gasteiger charge is -2.25. The number of imidazole rings is 1. The van der Waals surface area contributed by atoms with Crippen LogP contribution in [0.2, 0.25) is 15.1 Å². The van der Waals surface area contributed by atoms with Crippen LogP contribution in [-0.2, 0) is 18.9 Å². The molecule has 3 heterocycles. The van der Waals surface area contributed by atoms with Crippen LogP contribution in [0.15, 0.2) is 85.5 Å². The first-order valence-corrected chi connectivity index (χ1v) is 15.1. The van der Waals surface area contributed by atoms with Crippen molar-refractivity contribution < 1.29 is 33.3 Å². The lowest BCUT2D eigenvalue weighted by Crippen LogP contribution is -2.41. The summed E-state index contributed by atoms with van der Waals surface area (Å²) in [4.78, 5) is 51.1. The summed E-state index contributed by atoms with van der Waals surface area (Å²) in [7, 11) is 0. The van der Waals surface area contributed by atoms with Crippen LogP contribution in [-0.4, -0.2) is 62.3 Å². The molecule has 1 fully saturated rings. The summed E-state index contributed by atoms with van der Waals surface area (Å²) in [6, 6.07) is 18.2. The third kappa shape index (κ3) is 6.76. The van der Waals surface area contributed by atoms with Gasteiger partial charge < -0.3 is 23.9 Å². The van der Waals surface area contributed by atoms with Crippen molar-refractivity contribution in [1.29, 1.82) is 0 Å². The van der Waals surface area contributed by atoms with E-state index in [-0.39, 0.29) is 27.9 Å². The Morgan fingerprint density at radius 3 is 1.80 bits per heavy atom. The van der Waals surface area contributed by atoms with Gasteiger partial charge in [0.1, 0.15) is 23.9 Å². The lowest BCUT2D eigenvalue weighted by molar-refractivity contribution is -0.0606. The number of nitrogens with zero attached hydrogens (tertiary/aromatic N) is 3. The quantitative estimate of drug-likeness (QED) is 0.107. The minimum atomic E-state index is -1.27.